The predicted octanol–water partition coefficient (Wildman–Crippen LogP) is 3.01. The summed E-state index contributed by atoms with van der Waals surface area (Å²) in [6.45, 7) is 1.69. The lowest BCUT2D eigenvalue weighted by Crippen LogP contribution is -2.21. The van der Waals surface area contributed by atoms with Crippen molar-refractivity contribution in [3.63, 3.8) is 0 Å². The van der Waals surface area contributed by atoms with Gasteiger partial charge in [0, 0.05) is 36.7 Å². The molecular formula is C18H21N3O2. The fourth-order valence-corrected chi connectivity index (χ4v) is 2.05. The van der Waals surface area contributed by atoms with Crippen molar-refractivity contribution in [2.24, 2.45) is 0 Å². The van der Waals surface area contributed by atoms with Gasteiger partial charge in [0.05, 0.1) is 6.54 Å². The number of hydrogen-bond acceptors (Lipinski definition) is 4. The van der Waals surface area contributed by atoms with Crippen molar-refractivity contribution in [2.75, 3.05) is 36.2 Å². The topological polar surface area (TPSA) is 61.4 Å². The molecule has 0 aliphatic rings. The second-order valence-corrected chi connectivity index (χ2v) is 5.48. The Hall–Kier alpha value is -2.82. The van der Waals surface area contributed by atoms with Crippen molar-refractivity contribution in [1.29, 1.82) is 0 Å². The van der Waals surface area contributed by atoms with Crippen LogP contribution in [-0.2, 0) is 4.79 Å². The fraction of sp³-hybridized carbons (Fsp3) is 0.222. The molecule has 0 aliphatic carbocycles. The van der Waals surface area contributed by atoms with E-state index in [1.807, 2.05) is 43.3 Å². The van der Waals surface area contributed by atoms with Gasteiger partial charge in [0.15, 0.2) is 5.78 Å². The van der Waals surface area contributed by atoms with Gasteiger partial charge in [-0.25, -0.2) is 0 Å². The number of hydrogen-bond donors (Lipinski definition) is 2. The van der Waals surface area contributed by atoms with E-state index >= 15 is 0 Å². The molecule has 5 nitrogen and oxygen atoms in total. The van der Waals surface area contributed by atoms with E-state index < -0.39 is 0 Å². The molecule has 0 fully saturated rings. The number of nitrogens with zero attached hydrogens (tertiary/aromatic N) is 1. The molecule has 0 spiro atoms. The molecular weight excluding hydrogens is 290 g/mol. The molecule has 2 rings (SSSR count). The van der Waals surface area contributed by atoms with E-state index in [1.54, 1.807) is 24.3 Å². The van der Waals surface area contributed by atoms with Crippen LogP contribution >= 0.6 is 0 Å². The summed E-state index contributed by atoms with van der Waals surface area (Å²) in [4.78, 5) is 25.1. The molecule has 0 heterocycles. The van der Waals surface area contributed by atoms with Gasteiger partial charge in [-0.2, -0.15) is 0 Å². The third-order valence-electron chi connectivity index (χ3n) is 3.41. The quantitative estimate of drug-likeness (QED) is 0.805. The Morgan fingerprint density at radius 1 is 0.913 bits per heavy atom. The van der Waals surface area contributed by atoms with Gasteiger partial charge in [-0.05, 0) is 55.5 Å². The first-order valence-electron chi connectivity index (χ1n) is 7.38. The summed E-state index contributed by atoms with van der Waals surface area (Å²) in [5.41, 5.74) is 3.29. The van der Waals surface area contributed by atoms with Gasteiger partial charge in [-0.15, -0.1) is 0 Å². The molecule has 5 heteroatoms. The zero-order valence-electron chi connectivity index (χ0n) is 13.6. The zero-order chi connectivity index (χ0) is 16.8. The van der Waals surface area contributed by atoms with Crippen LogP contribution in [0.15, 0.2) is 48.5 Å². The first-order valence-corrected chi connectivity index (χ1v) is 7.38. The Morgan fingerprint density at radius 2 is 1.48 bits per heavy atom. The average Bonchev–Trinajstić information content (AvgIpc) is 2.54. The maximum absolute atomic E-state index is 11.9. The lowest BCUT2D eigenvalue weighted by atomic mass is 10.1. The van der Waals surface area contributed by atoms with Crippen molar-refractivity contribution >= 4 is 28.8 Å². The van der Waals surface area contributed by atoms with Crippen molar-refractivity contribution in [2.45, 2.75) is 6.92 Å². The molecule has 0 radical (unpaired) electrons. The van der Waals surface area contributed by atoms with Gasteiger partial charge in [0.2, 0.25) is 5.91 Å². The van der Waals surface area contributed by atoms with Crippen molar-refractivity contribution in [3.8, 4) is 0 Å². The van der Waals surface area contributed by atoms with E-state index in [4.69, 9.17) is 0 Å². The number of anilines is 3. The Morgan fingerprint density at radius 3 is 2.00 bits per heavy atom. The van der Waals surface area contributed by atoms with Crippen LogP contribution in [0.25, 0.3) is 0 Å². The summed E-state index contributed by atoms with van der Waals surface area (Å²) < 4.78 is 0. The van der Waals surface area contributed by atoms with Crippen LogP contribution in [0.2, 0.25) is 0 Å². The van der Waals surface area contributed by atoms with Crippen LogP contribution in [0.4, 0.5) is 17.1 Å². The summed E-state index contributed by atoms with van der Waals surface area (Å²) in [6, 6.07) is 14.7. The second-order valence-electron chi connectivity index (χ2n) is 5.48. The van der Waals surface area contributed by atoms with Gasteiger partial charge in [0.1, 0.15) is 0 Å². The fourth-order valence-electron chi connectivity index (χ4n) is 2.05. The van der Waals surface area contributed by atoms with Gasteiger partial charge >= 0.3 is 0 Å². The SMILES string of the molecule is CC(=O)c1ccc(NC(=O)CNc2ccc(N(C)C)cc2)cc1. The number of ketones is 1. The largest absolute Gasteiger partial charge is 0.378 e. The molecule has 0 bridgehead atoms. The summed E-state index contributed by atoms with van der Waals surface area (Å²) in [6.07, 6.45) is 0. The Kier molecular flexibility index (Phi) is 5.36. The van der Waals surface area contributed by atoms with Crippen LogP contribution in [0, 0.1) is 0 Å². The number of carbonyl (C=O) groups is 2. The first kappa shape index (κ1) is 16.5. The van der Waals surface area contributed by atoms with E-state index in [1.165, 1.54) is 6.92 Å². The molecule has 0 saturated carbocycles. The number of nitrogens with one attached hydrogen (secondary N) is 2. The smallest absolute Gasteiger partial charge is 0.243 e. The molecule has 2 aromatic rings. The zero-order valence-corrected chi connectivity index (χ0v) is 13.6. The summed E-state index contributed by atoms with van der Waals surface area (Å²) in [7, 11) is 3.96. The average molecular weight is 311 g/mol. The number of carbonyl (C=O) groups excluding carboxylic acids is 2. The minimum atomic E-state index is -0.141. The van der Waals surface area contributed by atoms with Gasteiger partial charge in [0.25, 0.3) is 0 Å². The highest BCUT2D eigenvalue weighted by molar-refractivity contribution is 5.96. The lowest BCUT2D eigenvalue weighted by Gasteiger charge is -2.13. The number of Topliss-reactive ketones (excluding diaryl/α,β-unsaturated/α-hetero) is 1. The number of benzene rings is 2. The van der Waals surface area contributed by atoms with Crippen LogP contribution in [-0.4, -0.2) is 32.3 Å². The standard InChI is InChI=1S/C18H21N3O2/c1-13(22)14-4-6-16(7-5-14)20-18(23)12-19-15-8-10-17(11-9-15)21(2)3/h4-11,19H,12H2,1-3H3,(H,20,23). The summed E-state index contributed by atoms with van der Waals surface area (Å²) in [5.74, 6) is -0.136. The van der Waals surface area contributed by atoms with E-state index in [-0.39, 0.29) is 18.2 Å². The van der Waals surface area contributed by atoms with Crippen LogP contribution in [0.1, 0.15) is 17.3 Å². The molecule has 0 atom stereocenters. The lowest BCUT2D eigenvalue weighted by molar-refractivity contribution is -0.114. The number of amides is 1. The van der Waals surface area contributed by atoms with Gasteiger partial charge in [-0.3, -0.25) is 9.59 Å². The minimum Gasteiger partial charge on any atom is -0.378 e. The minimum absolute atomic E-state index is 0.00529. The van der Waals surface area contributed by atoms with Crippen LogP contribution in [0.3, 0.4) is 0 Å². The van der Waals surface area contributed by atoms with Crippen molar-refractivity contribution in [3.05, 3.63) is 54.1 Å². The first-order chi connectivity index (χ1) is 11.0. The van der Waals surface area contributed by atoms with Crippen molar-refractivity contribution in [1.82, 2.24) is 0 Å². The maximum atomic E-state index is 11.9. The number of rotatable bonds is 6. The molecule has 120 valence electrons. The maximum Gasteiger partial charge on any atom is 0.243 e. The van der Waals surface area contributed by atoms with Crippen LogP contribution < -0.4 is 15.5 Å². The van der Waals surface area contributed by atoms with Crippen molar-refractivity contribution < 1.29 is 9.59 Å². The Bertz CT molecular complexity index is 676. The Labute approximate surface area is 136 Å². The van der Waals surface area contributed by atoms with E-state index in [0.29, 0.717) is 11.3 Å². The normalized spacial score (nSPS) is 10.0. The molecule has 23 heavy (non-hydrogen) atoms. The van der Waals surface area contributed by atoms with E-state index in [9.17, 15) is 9.59 Å². The van der Waals surface area contributed by atoms with Crippen LogP contribution in [0.5, 0.6) is 0 Å². The molecule has 0 saturated heterocycles. The summed E-state index contributed by atoms with van der Waals surface area (Å²) >= 11 is 0. The van der Waals surface area contributed by atoms with E-state index in [2.05, 4.69) is 10.6 Å². The molecule has 2 aromatic carbocycles. The molecule has 2 N–H and O–H groups in total. The summed E-state index contributed by atoms with van der Waals surface area (Å²) in [5, 5.41) is 5.86. The van der Waals surface area contributed by atoms with Gasteiger partial charge < -0.3 is 15.5 Å². The monoisotopic (exact) mass is 311 g/mol. The predicted molar refractivity (Wildman–Crippen MR) is 94.3 cm³/mol. The molecule has 0 aliphatic heterocycles. The third kappa shape index (κ3) is 4.85. The Balaban J connectivity index is 1.86. The highest BCUT2D eigenvalue weighted by Crippen LogP contribution is 2.15. The second kappa shape index (κ2) is 7.45. The molecule has 1 amide bonds. The van der Waals surface area contributed by atoms with E-state index in [0.717, 1.165) is 11.4 Å². The molecule has 0 aromatic heterocycles. The highest BCUT2D eigenvalue weighted by atomic mass is 16.2. The highest BCUT2D eigenvalue weighted by Gasteiger charge is 2.04. The molecule has 0 unspecified atom stereocenters. The van der Waals surface area contributed by atoms with Gasteiger partial charge in [-0.1, -0.05) is 0 Å². The third-order valence-corrected chi connectivity index (χ3v) is 3.41.